The number of hydrogen-bond acceptors (Lipinski definition) is 8. The zero-order valence-electron chi connectivity index (χ0n) is 23.2. The van der Waals surface area contributed by atoms with Gasteiger partial charge in [0, 0.05) is 41.0 Å². The first-order chi connectivity index (χ1) is 20.9. The molecule has 1 N–H and O–H groups in total. The number of aromatic nitrogens is 3. The van der Waals surface area contributed by atoms with Crippen molar-refractivity contribution in [2.24, 2.45) is 0 Å². The Bertz CT molecular complexity index is 1940. The third kappa shape index (κ3) is 5.28. The standard InChI is InChI=1S/C32H25FN4O6/c1-41-28-15-21-24(16-29(28)42-2)34-13-12-27(21)43-20-10-11-30(35-17-20)36-31(39)23-14-22-25(4-3-5-26(22)38)37(32(23)40)19-8-6-18(33)7-9-19/h6-17H,3-5H2,1-2H3,(H,35,36,39). The summed E-state index contributed by atoms with van der Waals surface area (Å²) in [4.78, 5) is 48.2. The Morgan fingerprint density at radius 2 is 1.67 bits per heavy atom. The third-order valence-corrected chi connectivity index (χ3v) is 7.16. The molecule has 0 atom stereocenters. The summed E-state index contributed by atoms with van der Waals surface area (Å²) in [6, 6.07) is 15.0. The lowest BCUT2D eigenvalue weighted by Gasteiger charge is -2.21. The minimum absolute atomic E-state index is 0.162. The monoisotopic (exact) mass is 580 g/mol. The number of amides is 1. The third-order valence-electron chi connectivity index (χ3n) is 7.16. The fourth-order valence-electron chi connectivity index (χ4n) is 5.08. The van der Waals surface area contributed by atoms with Gasteiger partial charge in [-0.2, -0.15) is 0 Å². The van der Waals surface area contributed by atoms with Crippen molar-refractivity contribution in [3.8, 4) is 28.7 Å². The predicted molar refractivity (Wildman–Crippen MR) is 156 cm³/mol. The summed E-state index contributed by atoms with van der Waals surface area (Å²) in [5.74, 6) is 0.754. The second-order valence-electron chi connectivity index (χ2n) is 9.78. The zero-order valence-corrected chi connectivity index (χ0v) is 23.2. The van der Waals surface area contributed by atoms with Crippen LogP contribution in [0.2, 0.25) is 0 Å². The van der Waals surface area contributed by atoms with Gasteiger partial charge in [0.1, 0.15) is 28.7 Å². The van der Waals surface area contributed by atoms with Crippen molar-refractivity contribution >= 4 is 28.4 Å². The Kier molecular flexibility index (Phi) is 7.29. The molecule has 0 saturated carbocycles. The van der Waals surface area contributed by atoms with E-state index in [1.807, 2.05) is 0 Å². The van der Waals surface area contributed by atoms with E-state index in [2.05, 4.69) is 15.3 Å². The van der Waals surface area contributed by atoms with Gasteiger partial charge in [0.15, 0.2) is 17.3 Å². The zero-order chi connectivity index (χ0) is 30.1. The minimum atomic E-state index is -0.732. The minimum Gasteiger partial charge on any atom is -0.493 e. The van der Waals surface area contributed by atoms with Gasteiger partial charge in [-0.25, -0.2) is 9.37 Å². The molecule has 0 unspecified atom stereocenters. The number of ether oxygens (including phenoxy) is 3. The van der Waals surface area contributed by atoms with E-state index in [1.54, 1.807) is 37.6 Å². The van der Waals surface area contributed by atoms with Crippen molar-refractivity contribution in [3.63, 3.8) is 0 Å². The van der Waals surface area contributed by atoms with Crippen LogP contribution in [-0.2, 0) is 6.42 Å². The number of benzene rings is 2. The predicted octanol–water partition coefficient (Wildman–Crippen LogP) is 5.50. The van der Waals surface area contributed by atoms with Gasteiger partial charge in [-0.15, -0.1) is 0 Å². The highest BCUT2D eigenvalue weighted by atomic mass is 19.1. The van der Waals surface area contributed by atoms with E-state index in [-0.39, 0.29) is 17.2 Å². The first-order valence-corrected chi connectivity index (χ1v) is 13.4. The average Bonchev–Trinajstić information content (AvgIpc) is 3.02. The first-order valence-electron chi connectivity index (χ1n) is 13.4. The maximum absolute atomic E-state index is 13.6. The lowest BCUT2D eigenvalue weighted by molar-refractivity contribution is 0.0971. The van der Waals surface area contributed by atoms with Gasteiger partial charge in [-0.1, -0.05) is 0 Å². The summed E-state index contributed by atoms with van der Waals surface area (Å²) in [5.41, 5.74) is 0.968. The van der Waals surface area contributed by atoms with Crippen molar-refractivity contribution in [1.29, 1.82) is 0 Å². The van der Waals surface area contributed by atoms with Gasteiger partial charge in [-0.3, -0.25) is 23.9 Å². The van der Waals surface area contributed by atoms with Gasteiger partial charge in [0.2, 0.25) is 0 Å². The van der Waals surface area contributed by atoms with E-state index < -0.39 is 17.3 Å². The molecule has 0 saturated heterocycles. The molecule has 2 aromatic carbocycles. The summed E-state index contributed by atoms with van der Waals surface area (Å²) in [5, 5.41) is 3.32. The van der Waals surface area contributed by atoms with Crippen LogP contribution in [0, 0.1) is 5.82 Å². The number of pyridine rings is 3. The largest absolute Gasteiger partial charge is 0.493 e. The summed E-state index contributed by atoms with van der Waals surface area (Å²) in [6.45, 7) is 0. The van der Waals surface area contributed by atoms with Crippen molar-refractivity contribution in [2.45, 2.75) is 19.3 Å². The molecule has 43 heavy (non-hydrogen) atoms. The van der Waals surface area contributed by atoms with Crippen LogP contribution in [-0.4, -0.2) is 40.4 Å². The molecule has 216 valence electrons. The molecule has 5 aromatic rings. The maximum atomic E-state index is 13.6. The maximum Gasteiger partial charge on any atom is 0.268 e. The summed E-state index contributed by atoms with van der Waals surface area (Å²) in [6.07, 6.45) is 4.40. The average molecular weight is 581 g/mol. The number of fused-ring (bicyclic) bond motifs is 2. The smallest absolute Gasteiger partial charge is 0.268 e. The molecule has 0 aliphatic heterocycles. The molecular weight excluding hydrogens is 555 g/mol. The molecule has 6 rings (SSSR count). The molecule has 0 bridgehead atoms. The molecule has 0 fully saturated rings. The number of anilines is 1. The summed E-state index contributed by atoms with van der Waals surface area (Å²) < 4.78 is 31.7. The van der Waals surface area contributed by atoms with Crippen LogP contribution in [0.1, 0.15) is 39.3 Å². The number of halogens is 1. The number of carbonyl (C=O) groups is 2. The fourth-order valence-corrected chi connectivity index (χ4v) is 5.08. The molecule has 1 amide bonds. The number of nitrogens with one attached hydrogen (secondary N) is 1. The van der Waals surface area contributed by atoms with Crippen LogP contribution in [0.4, 0.5) is 10.2 Å². The Balaban J connectivity index is 1.28. The fraction of sp³-hybridized carbons (Fsp3) is 0.156. The molecule has 10 nitrogen and oxygen atoms in total. The molecule has 1 aliphatic rings. The first kappa shape index (κ1) is 27.6. The van der Waals surface area contributed by atoms with Gasteiger partial charge < -0.3 is 19.5 Å². The Labute approximate surface area is 244 Å². The van der Waals surface area contributed by atoms with E-state index >= 15 is 0 Å². The van der Waals surface area contributed by atoms with Gasteiger partial charge >= 0.3 is 0 Å². The summed E-state index contributed by atoms with van der Waals surface area (Å²) in [7, 11) is 3.08. The Hall–Kier alpha value is -5.58. The van der Waals surface area contributed by atoms with Crippen LogP contribution in [0.5, 0.6) is 23.0 Å². The highest BCUT2D eigenvalue weighted by Gasteiger charge is 2.26. The normalized spacial score (nSPS) is 12.5. The van der Waals surface area contributed by atoms with Crippen LogP contribution < -0.4 is 25.1 Å². The molecule has 0 spiro atoms. The molecule has 3 heterocycles. The van der Waals surface area contributed by atoms with Gasteiger partial charge in [-0.05, 0) is 67.4 Å². The number of rotatable bonds is 7. The summed E-state index contributed by atoms with van der Waals surface area (Å²) >= 11 is 0. The van der Waals surface area contributed by atoms with Crippen LogP contribution >= 0.6 is 0 Å². The van der Waals surface area contributed by atoms with Crippen molar-refractivity contribution in [2.75, 3.05) is 19.5 Å². The van der Waals surface area contributed by atoms with Crippen molar-refractivity contribution in [3.05, 3.63) is 106 Å². The van der Waals surface area contributed by atoms with Crippen molar-refractivity contribution < 1.29 is 28.2 Å². The number of methoxy groups -OCH3 is 2. The van der Waals surface area contributed by atoms with Crippen molar-refractivity contribution in [1.82, 2.24) is 14.5 Å². The van der Waals surface area contributed by atoms with Crippen LogP contribution in [0.3, 0.4) is 0 Å². The number of ketones is 1. The van der Waals surface area contributed by atoms with Gasteiger partial charge in [0.25, 0.3) is 11.5 Å². The lowest BCUT2D eigenvalue weighted by atomic mass is 9.92. The van der Waals surface area contributed by atoms with E-state index in [4.69, 9.17) is 14.2 Å². The molecule has 0 radical (unpaired) electrons. The van der Waals surface area contributed by atoms with Crippen LogP contribution in [0.25, 0.3) is 16.6 Å². The number of nitrogens with zero attached hydrogens (tertiary/aromatic N) is 3. The van der Waals surface area contributed by atoms with E-state index in [9.17, 15) is 18.8 Å². The number of hydrogen-bond donors (Lipinski definition) is 1. The number of carbonyl (C=O) groups excluding carboxylic acids is 2. The molecular formula is C32H25FN4O6. The number of Topliss-reactive ketones (excluding diaryl/α,β-unsaturated/α-hetero) is 1. The van der Waals surface area contributed by atoms with Crippen LogP contribution in [0.15, 0.2) is 77.9 Å². The lowest BCUT2D eigenvalue weighted by Crippen LogP contribution is -2.33. The second-order valence-corrected chi connectivity index (χ2v) is 9.78. The SMILES string of the molecule is COc1cc2nccc(Oc3ccc(NC(=O)c4cc5c(n(-c6ccc(F)cc6)c4=O)CCCC5=O)nc3)c2cc1OC. The molecule has 3 aromatic heterocycles. The topological polar surface area (TPSA) is 122 Å². The van der Waals surface area contributed by atoms with Gasteiger partial charge in [0.05, 0.1) is 25.9 Å². The Morgan fingerprint density at radius 3 is 2.40 bits per heavy atom. The van der Waals surface area contributed by atoms with E-state index in [0.29, 0.717) is 70.1 Å². The molecule has 1 aliphatic carbocycles. The Morgan fingerprint density at radius 1 is 0.907 bits per heavy atom. The van der Waals surface area contributed by atoms with E-state index in [1.165, 1.54) is 54.3 Å². The quantitative estimate of drug-likeness (QED) is 0.268. The van der Waals surface area contributed by atoms with E-state index in [0.717, 1.165) is 0 Å². The second kappa shape index (κ2) is 11.4. The molecule has 11 heteroatoms. The highest BCUT2D eigenvalue weighted by Crippen LogP contribution is 2.37. The highest BCUT2D eigenvalue weighted by molar-refractivity contribution is 6.06.